The second kappa shape index (κ2) is 7.88. The Morgan fingerprint density at radius 2 is 1.67 bits per heavy atom. The van der Waals surface area contributed by atoms with Crippen molar-refractivity contribution in [2.75, 3.05) is 7.11 Å². The monoisotopic (exact) mass is 411 g/mol. The summed E-state index contributed by atoms with van der Waals surface area (Å²) in [6, 6.07) is 20.5. The van der Waals surface area contributed by atoms with E-state index in [4.69, 9.17) is 4.74 Å². The van der Waals surface area contributed by atoms with Gasteiger partial charge in [-0.25, -0.2) is 0 Å². The van der Waals surface area contributed by atoms with Gasteiger partial charge >= 0.3 is 6.18 Å². The van der Waals surface area contributed by atoms with Crippen molar-refractivity contribution in [2.45, 2.75) is 19.3 Å². The highest BCUT2D eigenvalue weighted by Crippen LogP contribution is 2.37. The Morgan fingerprint density at radius 3 is 2.33 bits per heavy atom. The summed E-state index contributed by atoms with van der Waals surface area (Å²) in [7, 11) is 1.59. The van der Waals surface area contributed by atoms with Crippen molar-refractivity contribution in [3.63, 3.8) is 0 Å². The van der Waals surface area contributed by atoms with Crippen molar-refractivity contribution in [3.8, 4) is 16.9 Å². The highest BCUT2D eigenvalue weighted by molar-refractivity contribution is 5.98. The minimum absolute atomic E-state index is 0.219. The number of para-hydroxylation sites is 1. The second-order valence-electron chi connectivity index (χ2n) is 7.01. The van der Waals surface area contributed by atoms with Crippen LogP contribution in [0.5, 0.6) is 5.75 Å². The maximum absolute atomic E-state index is 13.1. The van der Waals surface area contributed by atoms with Crippen LogP contribution in [0.4, 0.5) is 13.2 Å². The third-order valence-corrected chi connectivity index (χ3v) is 5.20. The maximum Gasteiger partial charge on any atom is 0.416 e. The fourth-order valence-electron chi connectivity index (χ4n) is 3.81. The van der Waals surface area contributed by atoms with E-state index < -0.39 is 11.7 Å². The number of fused-ring (bicyclic) bond motifs is 1. The smallest absolute Gasteiger partial charge is 0.416 e. The zero-order valence-corrected chi connectivity index (χ0v) is 16.3. The Kier molecular flexibility index (Phi) is 5.26. The van der Waals surface area contributed by atoms with Crippen LogP contribution < -0.4 is 4.74 Å². The number of ether oxygens (including phenoxy) is 1. The van der Waals surface area contributed by atoms with Crippen LogP contribution in [-0.4, -0.2) is 16.8 Å². The Balaban J connectivity index is 1.87. The molecule has 1 N–H and O–H groups in total. The number of methoxy groups -OCH3 is 1. The van der Waals surface area contributed by atoms with Crippen LogP contribution in [0.1, 0.15) is 16.8 Å². The summed E-state index contributed by atoms with van der Waals surface area (Å²) in [5.41, 5.74) is 3.10. The minimum atomic E-state index is -4.40. The molecule has 1 heterocycles. The molecule has 30 heavy (non-hydrogen) atoms. The van der Waals surface area contributed by atoms with E-state index in [0.29, 0.717) is 11.3 Å². The third kappa shape index (κ3) is 3.66. The van der Waals surface area contributed by atoms with Gasteiger partial charge in [0.05, 0.1) is 25.0 Å². The van der Waals surface area contributed by atoms with Crippen LogP contribution in [0.2, 0.25) is 0 Å². The highest BCUT2D eigenvalue weighted by atomic mass is 19.4. The van der Waals surface area contributed by atoms with Gasteiger partial charge in [0.25, 0.3) is 0 Å². The number of aromatic nitrogens is 1. The molecule has 0 unspecified atom stereocenters. The SMILES string of the molecule is COc1ccc(-c2c(CO)n(Cc3cccc(C(F)(F)F)c3)c3ccccc23)cc1. The van der Waals surface area contributed by atoms with Gasteiger partial charge in [-0.05, 0) is 41.5 Å². The van der Waals surface area contributed by atoms with Crippen LogP contribution in [-0.2, 0) is 19.3 Å². The van der Waals surface area contributed by atoms with E-state index in [-0.39, 0.29) is 13.2 Å². The molecule has 0 radical (unpaired) electrons. The van der Waals surface area contributed by atoms with E-state index in [1.54, 1.807) is 13.2 Å². The van der Waals surface area contributed by atoms with Crippen molar-refractivity contribution >= 4 is 10.9 Å². The number of benzene rings is 3. The number of aliphatic hydroxyl groups is 1. The predicted molar refractivity (Wildman–Crippen MR) is 110 cm³/mol. The number of halogens is 3. The molecule has 0 saturated carbocycles. The molecule has 0 aliphatic carbocycles. The summed E-state index contributed by atoms with van der Waals surface area (Å²) in [5, 5.41) is 11.1. The molecular formula is C24H20F3NO2. The van der Waals surface area contributed by atoms with Crippen LogP contribution >= 0.6 is 0 Å². The average Bonchev–Trinajstić information content (AvgIpc) is 3.07. The van der Waals surface area contributed by atoms with Crippen molar-refractivity contribution in [1.29, 1.82) is 0 Å². The molecule has 3 aromatic carbocycles. The number of alkyl halides is 3. The van der Waals surface area contributed by atoms with Gasteiger partial charge in [0.1, 0.15) is 5.75 Å². The summed E-state index contributed by atoms with van der Waals surface area (Å²) in [6.07, 6.45) is -4.40. The molecule has 0 spiro atoms. The van der Waals surface area contributed by atoms with Crippen molar-refractivity contribution in [2.24, 2.45) is 0 Å². The molecule has 4 aromatic rings. The molecule has 0 atom stereocenters. The molecule has 0 saturated heterocycles. The van der Waals surface area contributed by atoms with E-state index in [2.05, 4.69) is 0 Å². The largest absolute Gasteiger partial charge is 0.497 e. The fourth-order valence-corrected chi connectivity index (χ4v) is 3.81. The van der Waals surface area contributed by atoms with Gasteiger partial charge in [-0.2, -0.15) is 13.2 Å². The van der Waals surface area contributed by atoms with Gasteiger partial charge in [-0.15, -0.1) is 0 Å². The molecule has 154 valence electrons. The first-order chi connectivity index (χ1) is 14.4. The molecule has 0 fully saturated rings. The third-order valence-electron chi connectivity index (χ3n) is 5.20. The first kappa shape index (κ1) is 20.0. The topological polar surface area (TPSA) is 34.4 Å². The maximum atomic E-state index is 13.1. The van der Waals surface area contributed by atoms with Crippen LogP contribution in [0.15, 0.2) is 72.8 Å². The Hall–Kier alpha value is -3.25. The first-order valence-corrected chi connectivity index (χ1v) is 9.44. The lowest BCUT2D eigenvalue weighted by atomic mass is 10.0. The van der Waals surface area contributed by atoms with E-state index in [9.17, 15) is 18.3 Å². The van der Waals surface area contributed by atoms with Crippen molar-refractivity contribution in [3.05, 3.63) is 89.6 Å². The van der Waals surface area contributed by atoms with Crippen LogP contribution in [0.25, 0.3) is 22.0 Å². The number of rotatable bonds is 5. The molecule has 0 bridgehead atoms. The summed E-state index contributed by atoms with van der Waals surface area (Å²) < 4.78 is 46.5. The number of nitrogens with zero attached hydrogens (tertiary/aromatic N) is 1. The highest BCUT2D eigenvalue weighted by Gasteiger charge is 2.30. The normalized spacial score (nSPS) is 11.8. The van der Waals surface area contributed by atoms with E-state index in [1.807, 2.05) is 53.1 Å². The number of aliphatic hydroxyl groups excluding tert-OH is 1. The van der Waals surface area contributed by atoms with Crippen LogP contribution in [0, 0.1) is 0 Å². The minimum Gasteiger partial charge on any atom is -0.497 e. The average molecular weight is 411 g/mol. The van der Waals surface area contributed by atoms with Gasteiger partial charge < -0.3 is 14.4 Å². The summed E-state index contributed by atoms with van der Waals surface area (Å²) in [5.74, 6) is 0.719. The molecule has 0 aliphatic rings. The second-order valence-corrected chi connectivity index (χ2v) is 7.01. The van der Waals surface area contributed by atoms with Gasteiger partial charge in [0.2, 0.25) is 0 Å². The lowest BCUT2D eigenvalue weighted by Crippen LogP contribution is -2.08. The van der Waals surface area contributed by atoms with E-state index in [0.717, 1.165) is 39.9 Å². The van der Waals surface area contributed by atoms with Gasteiger partial charge in [0.15, 0.2) is 0 Å². The zero-order chi connectivity index (χ0) is 21.3. The molecule has 6 heteroatoms. The zero-order valence-electron chi connectivity index (χ0n) is 16.3. The Bertz CT molecular complexity index is 1180. The molecule has 0 aliphatic heterocycles. The number of hydrogen-bond acceptors (Lipinski definition) is 2. The van der Waals surface area contributed by atoms with Gasteiger partial charge in [-0.3, -0.25) is 0 Å². The molecule has 0 amide bonds. The van der Waals surface area contributed by atoms with E-state index in [1.165, 1.54) is 6.07 Å². The molecular weight excluding hydrogens is 391 g/mol. The molecule has 3 nitrogen and oxygen atoms in total. The van der Waals surface area contributed by atoms with Gasteiger partial charge in [0, 0.05) is 23.0 Å². The van der Waals surface area contributed by atoms with Crippen LogP contribution in [0.3, 0.4) is 0 Å². The lowest BCUT2D eigenvalue weighted by molar-refractivity contribution is -0.137. The Morgan fingerprint density at radius 1 is 0.933 bits per heavy atom. The Labute approximate surface area is 172 Å². The molecule has 4 rings (SSSR count). The summed E-state index contributed by atoms with van der Waals surface area (Å²) >= 11 is 0. The number of hydrogen-bond donors (Lipinski definition) is 1. The lowest BCUT2D eigenvalue weighted by Gasteiger charge is -2.13. The molecule has 1 aromatic heterocycles. The van der Waals surface area contributed by atoms with Crippen molar-refractivity contribution < 1.29 is 23.0 Å². The van der Waals surface area contributed by atoms with Crippen molar-refractivity contribution in [1.82, 2.24) is 4.57 Å². The first-order valence-electron chi connectivity index (χ1n) is 9.44. The fraction of sp³-hybridized carbons (Fsp3) is 0.167. The standard InChI is InChI=1S/C24H20F3NO2/c1-30-19-11-9-17(10-12-19)23-20-7-2-3-8-21(20)28(22(23)15-29)14-16-5-4-6-18(13-16)24(25,26)27/h2-13,29H,14-15H2,1H3. The quantitative estimate of drug-likeness (QED) is 0.445. The predicted octanol–water partition coefficient (Wildman–Crippen LogP) is 5.88. The summed E-state index contributed by atoms with van der Waals surface area (Å²) in [6.45, 7) is -0.0223. The summed E-state index contributed by atoms with van der Waals surface area (Å²) in [4.78, 5) is 0. The van der Waals surface area contributed by atoms with Gasteiger partial charge in [-0.1, -0.05) is 42.5 Å². The van der Waals surface area contributed by atoms with E-state index >= 15 is 0 Å².